The van der Waals surface area contributed by atoms with Crippen molar-refractivity contribution >= 4 is 23.3 Å². The van der Waals surface area contributed by atoms with Crippen LogP contribution in [0.4, 0.5) is 5.69 Å². The quantitative estimate of drug-likeness (QED) is 0.380. The lowest BCUT2D eigenvalue weighted by Gasteiger charge is -2.06. The minimum absolute atomic E-state index is 0.0520. The number of ether oxygens (including phenoxy) is 1. The normalized spacial score (nSPS) is 11.1. The first kappa shape index (κ1) is 16.0. The number of aromatic hydroxyl groups is 1. The van der Waals surface area contributed by atoms with Gasteiger partial charge in [0.15, 0.2) is 5.75 Å². The van der Waals surface area contributed by atoms with Crippen LogP contribution in [-0.4, -0.2) is 28.2 Å². The average molecular weight is 315 g/mol. The molecule has 0 aliphatic rings. The van der Waals surface area contributed by atoms with Gasteiger partial charge >= 0.3 is 11.7 Å². The van der Waals surface area contributed by atoms with E-state index in [1.807, 2.05) is 0 Å². The van der Waals surface area contributed by atoms with Gasteiger partial charge in [0, 0.05) is 6.07 Å². The van der Waals surface area contributed by atoms with Crippen molar-refractivity contribution in [1.29, 1.82) is 0 Å². The molecule has 2 aromatic rings. The highest BCUT2D eigenvalue weighted by atomic mass is 16.6. The van der Waals surface area contributed by atoms with Gasteiger partial charge in [-0.2, -0.15) is 0 Å². The zero-order chi connectivity index (χ0) is 17.0. The Bertz CT molecular complexity index is 797. The minimum Gasteiger partial charge on any atom is -0.502 e. The number of hydrogen-bond donors (Lipinski definition) is 2. The number of nitrogens with zero attached hydrogens (tertiary/aromatic N) is 1. The van der Waals surface area contributed by atoms with E-state index in [-0.39, 0.29) is 11.1 Å². The van der Waals surface area contributed by atoms with Crippen LogP contribution in [0.5, 0.6) is 11.5 Å². The summed E-state index contributed by atoms with van der Waals surface area (Å²) in [4.78, 5) is 21.6. The lowest BCUT2D eigenvalue weighted by atomic mass is 10.0. The summed E-state index contributed by atoms with van der Waals surface area (Å²) in [5, 5.41) is 29.7. The van der Waals surface area contributed by atoms with Crippen LogP contribution < -0.4 is 4.74 Å². The van der Waals surface area contributed by atoms with E-state index in [1.165, 1.54) is 19.3 Å². The summed E-state index contributed by atoms with van der Waals surface area (Å²) in [5.41, 5.74) is 0.139. The van der Waals surface area contributed by atoms with Crippen molar-refractivity contribution in [3.8, 4) is 11.5 Å². The van der Waals surface area contributed by atoms with Gasteiger partial charge in [0.2, 0.25) is 0 Å². The molecule has 7 heteroatoms. The van der Waals surface area contributed by atoms with E-state index >= 15 is 0 Å². The Morgan fingerprint density at radius 1 is 1.26 bits per heavy atom. The molecular formula is C16H13NO6. The fraction of sp³-hybridized carbons (Fsp3) is 0.0625. The molecule has 0 heterocycles. The van der Waals surface area contributed by atoms with Crippen LogP contribution in [0.3, 0.4) is 0 Å². The zero-order valence-corrected chi connectivity index (χ0v) is 12.1. The highest BCUT2D eigenvalue weighted by molar-refractivity contribution is 6.20. The standard InChI is InChI=1S/C16H13NO6/c1-23-12-4-2-3-11(9-12)13(16(19)20)7-10-5-6-15(18)14(8-10)17(21)22/h2-9,18H,1H3,(H,19,20)/b13-7-. The first-order valence-corrected chi connectivity index (χ1v) is 6.49. The molecule has 2 N–H and O–H groups in total. The topological polar surface area (TPSA) is 110 Å². The van der Waals surface area contributed by atoms with E-state index in [2.05, 4.69) is 0 Å². The summed E-state index contributed by atoms with van der Waals surface area (Å²) >= 11 is 0. The smallest absolute Gasteiger partial charge is 0.336 e. The number of rotatable bonds is 5. The maximum absolute atomic E-state index is 11.5. The largest absolute Gasteiger partial charge is 0.502 e. The number of aliphatic carboxylic acids is 1. The van der Waals surface area contributed by atoms with E-state index in [0.717, 1.165) is 12.1 Å². The Kier molecular flexibility index (Phi) is 4.61. The van der Waals surface area contributed by atoms with Crippen LogP contribution in [-0.2, 0) is 4.79 Å². The Balaban J connectivity index is 2.53. The summed E-state index contributed by atoms with van der Waals surface area (Å²) in [5.74, 6) is -1.18. The Hall–Kier alpha value is -3.35. The van der Waals surface area contributed by atoms with Gasteiger partial charge in [-0.25, -0.2) is 4.79 Å². The number of phenols is 1. The fourth-order valence-corrected chi connectivity index (χ4v) is 2.00. The van der Waals surface area contributed by atoms with Crippen molar-refractivity contribution in [1.82, 2.24) is 0 Å². The van der Waals surface area contributed by atoms with Crippen LogP contribution in [0.1, 0.15) is 11.1 Å². The third-order valence-electron chi connectivity index (χ3n) is 3.12. The van der Waals surface area contributed by atoms with Gasteiger partial charge in [0.1, 0.15) is 5.75 Å². The third-order valence-corrected chi connectivity index (χ3v) is 3.12. The van der Waals surface area contributed by atoms with Crippen LogP contribution in [0.2, 0.25) is 0 Å². The second-order valence-electron chi connectivity index (χ2n) is 4.60. The summed E-state index contributed by atoms with van der Waals surface area (Å²) in [6.45, 7) is 0. The maximum atomic E-state index is 11.5. The molecule has 0 amide bonds. The SMILES string of the molecule is COc1cccc(/C(=C/c2ccc(O)c([N+](=O)[O-])c2)C(=O)O)c1. The van der Waals surface area contributed by atoms with Gasteiger partial charge < -0.3 is 14.9 Å². The minimum atomic E-state index is -1.19. The predicted molar refractivity (Wildman–Crippen MR) is 83.3 cm³/mol. The zero-order valence-electron chi connectivity index (χ0n) is 12.1. The maximum Gasteiger partial charge on any atom is 0.336 e. The molecule has 0 fully saturated rings. The van der Waals surface area contributed by atoms with Gasteiger partial charge in [-0.15, -0.1) is 0 Å². The molecule has 0 saturated carbocycles. The molecule has 0 aliphatic heterocycles. The number of nitro benzene ring substituents is 1. The van der Waals surface area contributed by atoms with Gasteiger partial charge in [-0.1, -0.05) is 18.2 Å². The van der Waals surface area contributed by atoms with Crippen LogP contribution in [0, 0.1) is 10.1 Å². The summed E-state index contributed by atoms with van der Waals surface area (Å²) < 4.78 is 5.06. The van der Waals surface area contributed by atoms with Gasteiger partial charge in [-0.05, 0) is 35.4 Å². The second kappa shape index (κ2) is 6.61. The molecule has 0 aliphatic carbocycles. The first-order valence-electron chi connectivity index (χ1n) is 6.49. The van der Waals surface area contributed by atoms with Crippen molar-refractivity contribution in [2.75, 3.05) is 7.11 Å². The number of methoxy groups -OCH3 is 1. The first-order chi connectivity index (χ1) is 10.9. The second-order valence-corrected chi connectivity index (χ2v) is 4.60. The molecule has 0 radical (unpaired) electrons. The summed E-state index contributed by atoms with van der Waals surface area (Å²) in [6.07, 6.45) is 1.30. The number of nitro groups is 1. The van der Waals surface area contributed by atoms with Crippen molar-refractivity contribution in [2.24, 2.45) is 0 Å². The highest BCUT2D eigenvalue weighted by Gasteiger charge is 2.15. The average Bonchev–Trinajstić information content (AvgIpc) is 2.53. The molecule has 0 saturated heterocycles. The van der Waals surface area contributed by atoms with Crippen molar-refractivity contribution < 1.29 is 24.7 Å². The van der Waals surface area contributed by atoms with Gasteiger partial charge in [0.05, 0.1) is 17.6 Å². The molecule has 0 bridgehead atoms. The molecule has 23 heavy (non-hydrogen) atoms. The Morgan fingerprint density at radius 2 is 2.00 bits per heavy atom. The number of carboxylic acids is 1. The van der Waals surface area contributed by atoms with E-state index in [9.17, 15) is 25.1 Å². The van der Waals surface area contributed by atoms with E-state index in [1.54, 1.807) is 24.3 Å². The summed E-state index contributed by atoms with van der Waals surface area (Å²) in [6, 6.07) is 10.1. The van der Waals surface area contributed by atoms with Crippen LogP contribution in [0.15, 0.2) is 42.5 Å². The fourth-order valence-electron chi connectivity index (χ4n) is 2.00. The number of benzene rings is 2. The summed E-state index contributed by atoms with van der Waals surface area (Å²) in [7, 11) is 1.46. The van der Waals surface area contributed by atoms with E-state index < -0.39 is 22.3 Å². The molecule has 0 spiro atoms. The molecule has 2 rings (SSSR count). The monoisotopic (exact) mass is 315 g/mol. The number of carboxylic acid groups (broad SMARTS) is 1. The highest BCUT2D eigenvalue weighted by Crippen LogP contribution is 2.29. The van der Waals surface area contributed by atoms with Crippen molar-refractivity contribution in [3.05, 3.63) is 63.7 Å². The molecule has 0 atom stereocenters. The van der Waals surface area contributed by atoms with Crippen molar-refractivity contribution in [2.45, 2.75) is 0 Å². The number of phenolic OH excluding ortho intramolecular Hbond substituents is 1. The Labute approximate surface area is 131 Å². The van der Waals surface area contributed by atoms with E-state index in [4.69, 9.17) is 4.74 Å². The van der Waals surface area contributed by atoms with Gasteiger partial charge in [0.25, 0.3) is 0 Å². The molecule has 0 aromatic heterocycles. The van der Waals surface area contributed by atoms with Crippen LogP contribution >= 0.6 is 0 Å². The lowest BCUT2D eigenvalue weighted by molar-refractivity contribution is -0.385. The predicted octanol–water partition coefficient (Wildman–Crippen LogP) is 2.93. The molecule has 118 valence electrons. The van der Waals surface area contributed by atoms with Crippen molar-refractivity contribution in [3.63, 3.8) is 0 Å². The Morgan fingerprint density at radius 3 is 2.61 bits per heavy atom. The third kappa shape index (κ3) is 3.65. The molecule has 2 aromatic carbocycles. The number of carbonyl (C=O) groups is 1. The molecular weight excluding hydrogens is 302 g/mol. The molecule has 7 nitrogen and oxygen atoms in total. The van der Waals surface area contributed by atoms with Crippen LogP contribution in [0.25, 0.3) is 11.6 Å². The lowest BCUT2D eigenvalue weighted by Crippen LogP contribution is -2.00. The van der Waals surface area contributed by atoms with Gasteiger partial charge in [-0.3, -0.25) is 10.1 Å². The van der Waals surface area contributed by atoms with E-state index in [0.29, 0.717) is 11.3 Å². The molecule has 0 unspecified atom stereocenters. The number of hydrogen-bond acceptors (Lipinski definition) is 5.